The van der Waals surface area contributed by atoms with Crippen molar-refractivity contribution in [2.75, 3.05) is 0 Å². The molecule has 0 radical (unpaired) electrons. The van der Waals surface area contributed by atoms with Gasteiger partial charge in [0.25, 0.3) is 0 Å². The highest BCUT2D eigenvalue weighted by Gasteiger charge is 2.17. The van der Waals surface area contributed by atoms with Gasteiger partial charge in [0.1, 0.15) is 0 Å². The number of aliphatic hydroxyl groups is 1. The maximum absolute atomic E-state index is 9.91. The van der Waals surface area contributed by atoms with Gasteiger partial charge in [0.2, 0.25) is 0 Å². The molecular weight excluding hydrogens is 184 g/mol. The average molecular weight is 212 g/mol. The van der Waals surface area contributed by atoms with E-state index in [0.29, 0.717) is 0 Å². The van der Waals surface area contributed by atoms with E-state index >= 15 is 0 Å². The Kier molecular flexibility index (Phi) is 6.31. The molecule has 0 bridgehead atoms. The average Bonchev–Trinajstić information content (AvgIpc) is 2.18. The molecule has 0 aromatic carbocycles. The van der Waals surface area contributed by atoms with Crippen LogP contribution in [0.5, 0.6) is 0 Å². The summed E-state index contributed by atoms with van der Waals surface area (Å²) in [4.78, 5) is 0. The first-order chi connectivity index (χ1) is 7.18. The van der Waals surface area contributed by atoms with Gasteiger partial charge < -0.3 is 5.11 Å². The topological polar surface area (TPSA) is 20.2 Å². The van der Waals surface area contributed by atoms with Crippen LogP contribution in [0.2, 0.25) is 0 Å². The molecule has 1 aliphatic carbocycles. The summed E-state index contributed by atoms with van der Waals surface area (Å²) >= 11 is 0. The lowest BCUT2D eigenvalue weighted by molar-refractivity contribution is 0.118. The molecule has 0 amide bonds. The number of hydrogen-bond donors (Lipinski definition) is 1. The molecule has 0 aromatic rings. The Bertz CT molecular complexity index is 147. The number of rotatable bonds is 6. The third kappa shape index (κ3) is 6.19. The Balaban J connectivity index is 2.03. The van der Waals surface area contributed by atoms with Gasteiger partial charge >= 0.3 is 0 Å². The van der Waals surface area contributed by atoms with Crippen LogP contribution in [-0.2, 0) is 0 Å². The van der Waals surface area contributed by atoms with E-state index in [1.54, 1.807) is 0 Å². The second-order valence-electron chi connectivity index (χ2n) is 5.72. The van der Waals surface area contributed by atoms with Gasteiger partial charge in [0.05, 0.1) is 6.10 Å². The van der Waals surface area contributed by atoms with E-state index in [-0.39, 0.29) is 6.10 Å². The van der Waals surface area contributed by atoms with Crippen LogP contribution in [0.3, 0.4) is 0 Å². The zero-order valence-electron chi connectivity index (χ0n) is 10.5. The van der Waals surface area contributed by atoms with Gasteiger partial charge in [-0.05, 0) is 24.7 Å². The molecule has 1 rings (SSSR count). The summed E-state index contributed by atoms with van der Waals surface area (Å²) < 4.78 is 0. The molecule has 0 saturated heterocycles. The largest absolute Gasteiger partial charge is 0.393 e. The molecule has 1 heteroatoms. The fraction of sp³-hybridized carbons (Fsp3) is 1.00. The normalized spacial score (nSPS) is 20.8. The van der Waals surface area contributed by atoms with Crippen molar-refractivity contribution in [3.63, 3.8) is 0 Å². The van der Waals surface area contributed by atoms with Crippen molar-refractivity contribution in [2.45, 2.75) is 77.7 Å². The van der Waals surface area contributed by atoms with Gasteiger partial charge in [-0.2, -0.15) is 0 Å². The molecule has 1 nitrogen and oxygen atoms in total. The van der Waals surface area contributed by atoms with Gasteiger partial charge in [-0.3, -0.25) is 0 Å². The van der Waals surface area contributed by atoms with Gasteiger partial charge in [0, 0.05) is 0 Å². The molecule has 90 valence electrons. The second kappa shape index (κ2) is 7.27. The molecule has 1 aliphatic rings. The van der Waals surface area contributed by atoms with Gasteiger partial charge in [-0.1, -0.05) is 58.8 Å². The maximum Gasteiger partial charge on any atom is 0.0542 e. The molecule has 1 saturated carbocycles. The summed E-state index contributed by atoms with van der Waals surface area (Å²) in [5, 5.41) is 9.91. The third-order valence-corrected chi connectivity index (χ3v) is 3.65. The van der Waals surface area contributed by atoms with Crippen molar-refractivity contribution >= 4 is 0 Å². The van der Waals surface area contributed by atoms with Gasteiger partial charge in [0.15, 0.2) is 0 Å². The molecule has 0 spiro atoms. The van der Waals surface area contributed by atoms with E-state index in [9.17, 15) is 5.11 Å². The SMILES string of the molecule is CC(C)CCCC(O)CC1CCCCC1. The smallest absolute Gasteiger partial charge is 0.0542 e. The van der Waals surface area contributed by atoms with Crippen LogP contribution < -0.4 is 0 Å². The third-order valence-electron chi connectivity index (χ3n) is 3.65. The fourth-order valence-corrected chi connectivity index (χ4v) is 2.69. The zero-order chi connectivity index (χ0) is 11.1. The van der Waals surface area contributed by atoms with Crippen LogP contribution in [0.1, 0.15) is 71.6 Å². The Labute approximate surface area is 95.3 Å². The first kappa shape index (κ1) is 13.0. The Hall–Kier alpha value is -0.0400. The summed E-state index contributed by atoms with van der Waals surface area (Å²) in [5.41, 5.74) is 0. The molecule has 0 heterocycles. The number of hydrogen-bond acceptors (Lipinski definition) is 1. The fourth-order valence-electron chi connectivity index (χ4n) is 2.69. The lowest BCUT2D eigenvalue weighted by Gasteiger charge is -2.24. The van der Waals surface area contributed by atoms with Crippen molar-refractivity contribution < 1.29 is 5.11 Å². The van der Waals surface area contributed by atoms with Gasteiger partial charge in [-0.15, -0.1) is 0 Å². The first-order valence-electron chi connectivity index (χ1n) is 6.86. The van der Waals surface area contributed by atoms with Gasteiger partial charge in [-0.25, -0.2) is 0 Å². The minimum atomic E-state index is -0.0214. The summed E-state index contributed by atoms with van der Waals surface area (Å²) in [7, 11) is 0. The minimum absolute atomic E-state index is 0.0214. The Morgan fingerprint density at radius 3 is 2.33 bits per heavy atom. The van der Waals surface area contributed by atoms with Crippen LogP contribution in [0.4, 0.5) is 0 Å². The summed E-state index contributed by atoms with van der Waals surface area (Å²) in [6, 6.07) is 0. The molecular formula is C14H28O. The highest BCUT2D eigenvalue weighted by Crippen LogP contribution is 2.28. The van der Waals surface area contributed by atoms with E-state index in [0.717, 1.165) is 24.7 Å². The van der Waals surface area contributed by atoms with Crippen LogP contribution in [0.25, 0.3) is 0 Å². The van der Waals surface area contributed by atoms with E-state index in [1.165, 1.54) is 44.9 Å². The van der Waals surface area contributed by atoms with E-state index < -0.39 is 0 Å². The molecule has 0 aromatic heterocycles. The van der Waals surface area contributed by atoms with Crippen LogP contribution in [0, 0.1) is 11.8 Å². The molecule has 1 unspecified atom stereocenters. The number of aliphatic hydroxyl groups excluding tert-OH is 1. The molecule has 15 heavy (non-hydrogen) atoms. The Morgan fingerprint density at radius 1 is 1.07 bits per heavy atom. The summed E-state index contributed by atoms with van der Waals surface area (Å²) in [6.45, 7) is 4.51. The van der Waals surface area contributed by atoms with Crippen molar-refractivity contribution in [2.24, 2.45) is 11.8 Å². The maximum atomic E-state index is 9.91. The second-order valence-corrected chi connectivity index (χ2v) is 5.72. The predicted molar refractivity (Wildman–Crippen MR) is 65.9 cm³/mol. The molecule has 1 atom stereocenters. The first-order valence-corrected chi connectivity index (χ1v) is 6.86. The highest BCUT2D eigenvalue weighted by molar-refractivity contribution is 4.70. The molecule has 0 aliphatic heterocycles. The summed E-state index contributed by atoms with van der Waals surface area (Å²) in [5.74, 6) is 1.61. The van der Waals surface area contributed by atoms with Crippen molar-refractivity contribution in [1.29, 1.82) is 0 Å². The molecule has 1 N–H and O–H groups in total. The van der Waals surface area contributed by atoms with Crippen molar-refractivity contribution in [3.05, 3.63) is 0 Å². The lowest BCUT2D eigenvalue weighted by atomic mass is 9.84. The van der Waals surface area contributed by atoms with E-state index in [2.05, 4.69) is 13.8 Å². The monoisotopic (exact) mass is 212 g/mol. The summed E-state index contributed by atoms with van der Waals surface area (Å²) in [6.07, 6.45) is 11.5. The quantitative estimate of drug-likeness (QED) is 0.701. The predicted octanol–water partition coefficient (Wildman–Crippen LogP) is 4.14. The Morgan fingerprint density at radius 2 is 1.73 bits per heavy atom. The van der Waals surface area contributed by atoms with Crippen molar-refractivity contribution in [1.82, 2.24) is 0 Å². The minimum Gasteiger partial charge on any atom is -0.393 e. The highest BCUT2D eigenvalue weighted by atomic mass is 16.3. The van der Waals surface area contributed by atoms with Crippen LogP contribution >= 0.6 is 0 Å². The van der Waals surface area contributed by atoms with Crippen LogP contribution in [0.15, 0.2) is 0 Å². The molecule has 1 fully saturated rings. The van der Waals surface area contributed by atoms with Crippen molar-refractivity contribution in [3.8, 4) is 0 Å². The van der Waals surface area contributed by atoms with E-state index in [4.69, 9.17) is 0 Å². The van der Waals surface area contributed by atoms with E-state index in [1.807, 2.05) is 0 Å². The lowest BCUT2D eigenvalue weighted by Crippen LogP contribution is -2.16. The standard InChI is InChI=1S/C14H28O/c1-12(2)7-6-10-14(15)11-13-8-4-3-5-9-13/h12-15H,3-11H2,1-2H3. The zero-order valence-corrected chi connectivity index (χ0v) is 10.5. The van der Waals surface area contributed by atoms with Crippen LogP contribution in [-0.4, -0.2) is 11.2 Å².